The van der Waals surface area contributed by atoms with Gasteiger partial charge in [0.1, 0.15) is 11.4 Å². The molecule has 5 aromatic rings. The van der Waals surface area contributed by atoms with Gasteiger partial charge in [-0.3, -0.25) is 14.4 Å². The van der Waals surface area contributed by atoms with Gasteiger partial charge in [-0.15, -0.1) is 23.1 Å². The van der Waals surface area contributed by atoms with Gasteiger partial charge < -0.3 is 20.7 Å². The van der Waals surface area contributed by atoms with Gasteiger partial charge in [0.05, 0.1) is 17.6 Å². The zero-order chi connectivity index (χ0) is 34.8. The Morgan fingerprint density at radius 2 is 1.61 bits per heavy atom. The monoisotopic (exact) mass is 730 g/mol. The molecule has 0 spiro atoms. The molecule has 250 valence electrons. The summed E-state index contributed by atoms with van der Waals surface area (Å²) in [6.07, 6.45) is 2.00. The molecule has 0 aliphatic rings. The van der Waals surface area contributed by atoms with Crippen LogP contribution in [0.5, 0.6) is 5.75 Å². The number of rotatable bonds is 13. The predicted molar refractivity (Wildman–Crippen MR) is 201 cm³/mol. The Hall–Kier alpha value is -4.61. The molecule has 3 N–H and O–H groups in total. The number of halogens is 2. The largest absolute Gasteiger partial charge is 0.494 e. The SMILES string of the molecule is CCOc1ccc(-c2csc(NC(=O)C(CC)Sc3cccc(NC(=O)/C(=C\c4c(Cl)cccc4Cl)NC(=O)c4ccccc4)c3)n2)cc1. The number of ether oxygens (including phenoxy) is 1. The third-order valence-electron chi connectivity index (χ3n) is 7.05. The van der Waals surface area contributed by atoms with E-state index >= 15 is 0 Å². The molecular formula is C37H32Cl2N4O4S2. The lowest BCUT2D eigenvalue weighted by Gasteiger charge is -2.15. The maximum Gasteiger partial charge on any atom is 0.272 e. The van der Waals surface area contributed by atoms with Crippen LogP contribution in [-0.2, 0) is 9.59 Å². The Morgan fingerprint density at radius 1 is 0.898 bits per heavy atom. The van der Waals surface area contributed by atoms with E-state index in [9.17, 15) is 14.4 Å². The lowest BCUT2D eigenvalue weighted by Crippen LogP contribution is -2.30. The summed E-state index contributed by atoms with van der Waals surface area (Å²) in [6, 6.07) is 28.3. The molecule has 3 amide bonds. The lowest BCUT2D eigenvalue weighted by atomic mass is 10.1. The third-order valence-corrected chi connectivity index (χ3v) is 9.82. The fourth-order valence-corrected chi connectivity index (χ4v) is 6.85. The Labute approximate surface area is 302 Å². The van der Waals surface area contributed by atoms with Gasteiger partial charge >= 0.3 is 0 Å². The second kappa shape index (κ2) is 17.2. The van der Waals surface area contributed by atoms with Crippen molar-refractivity contribution in [3.63, 3.8) is 0 Å². The van der Waals surface area contributed by atoms with Crippen LogP contribution in [0.4, 0.5) is 10.8 Å². The van der Waals surface area contributed by atoms with Crippen LogP contribution in [0.1, 0.15) is 36.2 Å². The van der Waals surface area contributed by atoms with Gasteiger partial charge in [-0.25, -0.2) is 4.98 Å². The van der Waals surface area contributed by atoms with E-state index in [1.54, 1.807) is 66.7 Å². The van der Waals surface area contributed by atoms with Crippen LogP contribution in [0.25, 0.3) is 17.3 Å². The first-order valence-electron chi connectivity index (χ1n) is 15.3. The number of benzene rings is 4. The topological polar surface area (TPSA) is 109 Å². The Kier molecular flexibility index (Phi) is 12.5. The van der Waals surface area contributed by atoms with E-state index in [1.807, 2.05) is 49.6 Å². The van der Waals surface area contributed by atoms with Crippen molar-refractivity contribution in [3.05, 3.63) is 129 Å². The number of hydrogen-bond acceptors (Lipinski definition) is 7. The van der Waals surface area contributed by atoms with E-state index in [1.165, 1.54) is 29.2 Å². The van der Waals surface area contributed by atoms with Crippen LogP contribution < -0.4 is 20.7 Å². The molecule has 0 aliphatic heterocycles. The van der Waals surface area contributed by atoms with Gasteiger partial charge in [0, 0.05) is 42.7 Å². The number of nitrogens with one attached hydrogen (secondary N) is 3. The molecule has 4 aromatic carbocycles. The van der Waals surface area contributed by atoms with Crippen LogP contribution in [0.3, 0.4) is 0 Å². The quantitative estimate of drug-likeness (QED) is 0.0823. The molecule has 1 heterocycles. The van der Waals surface area contributed by atoms with Crippen molar-refractivity contribution in [2.45, 2.75) is 30.4 Å². The number of carbonyl (C=O) groups is 3. The van der Waals surface area contributed by atoms with Gasteiger partial charge in [-0.05, 0) is 86.2 Å². The molecule has 1 atom stereocenters. The Balaban J connectivity index is 1.28. The van der Waals surface area contributed by atoms with E-state index in [2.05, 4.69) is 20.9 Å². The molecule has 8 nitrogen and oxygen atoms in total. The number of carbonyl (C=O) groups excluding carboxylic acids is 3. The average molecular weight is 732 g/mol. The molecule has 5 rings (SSSR count). The molecule has 0 radical (unpaired) electrons. The number of anilines is 2. The molecule has 49 heavy (non-hydrogen) atoms. The maximum absolute atomic E-state index is 13.6. The highest BCUT2D eigenvalue weighted by Gasteiger charge is 2.21. The van der Waals surface area contributed by atoms with Gasteiger partial charge in [0.25, 0.3) is 11.8 Å². The highest BCUT2D eigenvalue weighted by molar-refractivity contribution is 8.00. The van der Waals surface area contributed by atoms with E-state index in [0.29, 0.717) is 45.0 Å². The summed E-state index contributed by atoms with van der Waals surface area (Å²) in [5, 5.41) is 11.1. The van der Waals surface area contributed by atoms with Gasteiger partial charge in [-0.1, -0.05) is 60.5 Å². The van der Waals surface area contributed by atoms with Crippen molar-refractivity contribution in [1.29, 1.82) is 0 Å². The molecule has 12 heteroatoms. The highest BCUT2D eigenvalue weighted by atomic mass is 35.5. The normalized spacial score (nSPS) is 11.8. The third kappa shape index (κ3) is 9.73. The zero-order valence-electron chi connectivity index (χ0n) is 26.5. The number of thiazole rings is 1. The minimum absolute atomic E-state index is 0.0548. The molecule has 0 bridgehead atoms. The molecule has 0 saturated heterocycles. The Bertz CT molecular complexity index is 1950. The van der Waals surface area contributed by atoms with Crippen LogP contribution in [-0.4, -0.2) is 34.6 Å². The standard InChI is InChI=1S/C37H32Cl2N4O4S2/c1-3-33(36(46)43-37-42-32(22-48-37)23-16-18-26(19-17-23)47-4-2)49-27-13-8-12-25(20-27)40-35(45)31(21-28-29(38)14-9-15-30(28)39)41-34(44)24-10-6-5-7-11-24/h5-22,33H,3-4H2,1-2H3,(H,40,45)(H,41,44)(H,42,43,46)/b31-21+. The second-order valence-corrected chi connectivity index (χ2v) is 13.4. The Morgan fingerprint density at radius 3 is 2.31 bits per heavy atom. The van der Waals surface area contributed by atoms with E-state index < -0.39 is 17.1 Å². The first kappa shape index (κ1) is 35.7. The summed E-state index contributed by atoms with van der Waals surface area (Å²) < 4.78 is 5.51. The summed E-state index contributed by atoms with van der Waals surface area (Å²) in [7, 11) is 0. The first-order valence-corrected chi connectivity index (χ1v) is 17.8. The molecule has 0 fully saturated rings. The molecule has 0 saturated carbocycles. The van der Waals surface area contributed by atoms with Crippen LogP contribution in [0.2, 0.25) is 10.0 Å². The van der Waals surface area contributed by atoms with Crippen LogP contribution in [0.15, 0.2) is 113 Å². The van der Waals surface area contributed by atoms with Crippen molar-refractivity contribution in [1.82, 2.24) is 10.3 Å². The number of nitrogens with zero attached hydrogens (tertiary/aromatic N) is 1. The minimum atomic E-state index is -0.584. The second-order valence-electron chi connectivity index (χ2n) is 10.5. The van der Waals surface area contributed by atoms with Gasteiger partial charge in [-0.2, -0.15) is 0 Å². The maximum atomic E-state index is 13.6. The average Bonchev–Trinajstić information content (AvgIpc) is 3.57. The first-order chi connectivity index (χ1) is 23.7. The summed E-state index contributed by atoms with van der Waals surface area (Å²) >= 11 is 15.5. The summed E-state index contributed by atoms with van der Waals surface area (Å²) in [5.41, 5.74) is 2.86. The highest BCUT2D eigenvalue weighted by Crippen LogP contribution is 2.31. The number of thioether (sulfide) groups is 1. The fraction of sp³-hybridized carbons (Fsp3) is 0.135. The van der Waals surface area contributed by atoms with Crippen molar-refractivity contribution >= 4 is 80.9 Å². The summed E-state index contributed by atoms with van der Waals surface area (Å²) in [5.74, 6) is -0.451. The zero-order valence-corrected chi connectivity index (χ0v) is 29.7. The number of aromatic nitrogens is 1. The summed E-state index contributed by atoms with van der Waals surface area (Å²) in [4.78, 5) is 45.3. The van der Waals surface area contributed by atoms with Crippen molar-refractivity contribution < 1.29 is 19.1 Å². The van der Waals surface area contributed by atoms with Gasteiger partial charge in [0.15, 0.2) is 5.13 Å². The van der Waals surface area contributed by atoms with Gasteiger partial charge in [0.2, 0.25) is 5.91 Å². The molecular weight excluding hydrogens is 699 g/mol. The van der Waals surface area contributed by atoms with Crippen molar-refractivity contribution in [2.24, 2.45) is 0 Å². The van der Waals surface area contributed by atoms with Crippen molar-refractivity contribution in [2.75, 3.05) is 17.2 Å². The number of amides is 3. The van der Waals surface area contributed by atoms with Crippen LogP contribution >= 0.6 is 46.3 Å². The molecule has 0 aliphatic carbocycles. The number of hydrogen-bond donors (Lipinski definition) is 3. The van der Waals surface area contributed by atoms with Crippen LogP contribution in [0, 0.1) is 0 Å². The lowest BCUT2D eigenvalue weighted by molar-refractivity contribution is -0.116. The van der Waals surface area contributed by atoms with E-state index in [4.69, 9.17) is 27.9 Å². The summed E-state index contributed by atoms with van der Waals surface area (Å²) in [6.45, 7) is 4.46. The smallest absolute Gasteiger partial charge is 0.272 e. The van der Waals surface area contributed by atoms with Crippen molar-refractivity contribution in [3.8, 4) is 17.0 Å². The fourth-order valence-electron chi connectivity index (χ4n) is 4.61. The van der Waals surface area contributed by atoms with E-state index in [0.717, 1.165) is 21.9 Å². The molecule has 1 unspecified atom stereocenters. The van der Waals surface area contributed by atoms with E-state index in [-0.39, 0.29) is 11.6 Å². The minimum Gasteiger partial charge on any atom is -0.494 e. The molecule has 1 aromatic heterocycles. The predicted octanol–water partition coefficient (Wildman–Crippen LogP) is 9.43.